The number of hydrogen-bond acceptors (Lipinski definition) is 8. The number of benzene rings is 3. The van der Waals surface area contributed by atoms with Crippen LogP contribution >= 0.6 is 0 Å². The molecule has 2 bridgehead atoms. The highest BCUT2D eigenvalue weighted by molar-refractivity contribution is 7.95. The zero-order valence-electron chi connectivity index (χ0n) is 31.0. The van der Waals surface area contributed by atoms with Gasteiger partial charge in [0, 0.05) is 42.6 Å². The van der Waals surface area contributed by atoms with E-state index in [4.69, 9.17) is 14.2 Å². The summed E-state index contributed by atoms with van der Waals surface area (Å²) < 4.78 is 40.8. The lowest BCUT2D eigenvalue weighted by atomic mass is 9.68. The minimum absolute atomic E-state index is 0.0200. The number of aromatic nitrogens is 2. The summed E-state index contributed by atoms with van der Waals surface area (Å²) in [4.78, 5) is 25.5. The zero-order chi connectivity index (χ0) is 36.7. The Hall–Kier alpha value is -4.48. The molecule has 2 aliphatic heterocycles. The van der Waals surface area contributed by atoms with Crippen molar-refractivity contribution in [3.63, 3.8) is 0 Å². The van der Waals surface area contributed by atoms with Crippen LogP contribution in [0.3, 0.4) is 0 Å². The Balaban J connectivity index is 1.22. The summed E-state index contributed by atoms with van der Waals surface area (Å²) in [6.45, 7) is 6.37. The van der Waals surface area contributed by atoms with Crippen molar-refractivity contribution in [2.45, 2.75) is 63.9 Å². The molecule has 10 nitrogen and oxygen atoms in total. The predicted molar refractivity (Wildman–Crippen MR) is 209 cm³/mol. The number of nitrogens with one attached hydrogen (secondary N) is 1. The Labute approximate surface area is 312 Å². The largest absolute Gasteiger partial charge is 0.497 e. The quantitative estimate of drug-likeness (QED) is 0.212. The van der Waals surface area contributed by atoms with Crippen LogP contribution in [0.1, 0.15) is 66.1 Å². The molecule has 1 spiro atoms. The smallest absolute Gasteiger partial charge is 0.286 e. The standard InChI is InChI=1S/C42H49N5O5S/c1-27-10-16-35-29(19-27)8-6-18-42(35)24-47-22-31-11-14-33(31)38(51-4)9-5-7-28(2)23-53(49,46-41(48)30-12-17-39(52-25-42)37(47)20-30)45-40-34-15-13-32(50-3)21-36(34)43-26-44-40/h5,9-10,12-13,15-17,19-21,26,28,31,33,38H,6-8,11,14,18,22-25H2,1-4H3,(H,43,44,45,46,48,49)/b9-5+/t28-,31-,33+,38-,42-,53?/m0/s1. The molecule has 0 radical (unpaired) electrons. The fourth-order valence-electron chi connectivity index (χ4n) is 8.92. The Bertz CT molecular complexity index is 2200. The van der Waals surface area contributed by atoms with E-state index in [1.54, 1.807) is 32.4 Å². The van der Waals surface area contributed by atoms with Crippen LogP contribution < -0.4 is 19.1 Å². The average molecular weight is 736 g/mol. The van der Waals surface area contributed by atoms with Gasteiger partial charge in [0.15, 0.2) is 0 Å². The van der Waals surface area contributed by atoms with E-state index in [9.17, 15) is 9.00 Å². The third kappa shape index (κ3) is 7.01. The first kappa shape index (κ1) is 35.5. The summed E-state index contributed by atoms with van der Waals surface area (Å²) in [6.07, 6.45) is 11.8. The molecule has 11 heteroatoms. The molecule has 53 heavy (non-hydrogen) atoms. The Morgan fingerprint density at radius 1 is 1.06 bits per heavy atom. The molecule has 1 unspecified atom stereocenters. The highest BCUT2D eigenvalue weighted by Crippen LogP contribution is 2.47. The van der Waals surface area contributed by atoms with E-state index in [0.717, 1.165) is 56.6 Å². The van der Waals surface area contributed by atoms with Gasteiger partial charge in [0.05, 0.1) is 36.8 Å². The maximum atomic E-state index is 14.9. The highest BCUT2D eigenvalue weighted by atomic mass is 32.2. The number of amides is 1. The van der Waals surface area contributed by atoms with E-state index in [1.807, 2.05) is 25.1 Å². The maximum Gasteiger partial charge on any atom is 0.286 e. The van der Waals surface area contributed by atoms with Crippen LogP contribution in [-0.4, -0.2) is 65.9 Å². The number of aryl methyl sites for hydroxylation is 2. The van der Waals surface area contributed by atoms with Crippen LogP contribution in [0, 0.1) is 24.7 Å². The van der Waals surface area contributed by atoms with Crippen LogP contribution in [0.4, 0.5) is 11.5 Å². The molecule has 1 fully saturated rings. The topological polar surface area (TPSA) is 115 Å². The molecule has 278 valence electrons. The first-order valence-electron chi connectivity index (χ1n) is 18.8. The summed E-state index contributed by atoms with van der Waals surface area (Å²) in [7, 11) is 0.0342. The van der Waals surface area contributed by atoms with Crippen molar-refractivity contribution in [2.24, 2.45) is 22.1 Å². The molecule has 1 amide bonds. The van der Waals surface area contributed by atoms with Crippen molar-refractivity contribution in [1.82, 2.24) is 9.97 Å². The van der Waals surface area contributed by atoms with Gasteiger partial charge in [-0.3, -0.25) is 9.52 Å². The Morgan fingerprint density at radius 2 is 1.94 bits per heavy atom. The number of rotatable bonds is 4. The van der Waals surface area contributed by atoms with Gasteiger partial charge < -0.3 is 19.1 Å². The molecular weight excluding hydrogens is 687 g/mol. The minimum Gasteiger partial charge on any atom is -0.497 e. The van der Waals surface area contributed by atoms with Crippen molar-refractivity contribution >= 4 is 38.2 Å². The molecule has 6 atom stereocenters. The number of carbonyl (C=O) groups excluding carboxylic acids is 1. The molecule has 1 saturated carbocycles. The summed E-state index contributed by atoms with van der Waals surface area (Å²) >= 11 is 0. The van der Waals surface area contributed by atoms with E-state index in [2.05, 4.69) is 61.2 Å². The fraction of sp³-hybridized carbons (Fsp3) is 0.452. The van der Waals surface area contributed by atoms with Gasteiger partial charge in [-0.05, 0) is 105 Å². The van der Waals surface area contributed by atoms with E-state index < -0.39 is 15.8 Å². The van der Waals surface area contributed by atoms with Crippen LogP contribution in [0.5, 0.6) is 11.5 Å². The monoisotopic (exact) mass is 735 g/mol. The third-order valence-corrected chi connectivity index (χ3v) is 13.8. The molecule has 8 rings (SSSR count). The number of allylic oxidation sites excluding steroid dienone is 1. The van der Waals surface area contributed by atoms with E-state index in [0.29, 0.717) is 52.9 Å². The number of fused-ring (bicyclic) bond motifs is 5. The molecular formula is C42H49N5O5S. The van der Waals surface area contributed by atoms with Gasteiger partial charge in [0.25, 0.3) is 5.91 Å². The highest BCUT2D eigenvalue weighted by Gasteiger charge is 2.44. The number of ether oxygens (including phenoxy) is 3. The van der Waals surface area contributed by atoms with Gasteiger partial charge in [-0.25, -0.2) is 14.2 Å². The van der Waals surface area contributed by atoms with Crippen LogP contribution in [0.15, 0.2) is 77.4 Å². The van der Waals surface area contributed by atoms with E-state index in [-0.39, 0.29) is 23.2 Å². The number of nitrogens with zero attached hydrogens (tertiary/aromatic N) is 4. The average Bonchev–Trinajstić information content (AvgIpc) is 3.28. The number of hydrogen-bond donors (Lipinski definition) is 1. The van der Waals surface area contributed by atoms with Crippen LogP contribution in [0.2, 0.25) is 0 Å². The van der Waals surface area contributed by atoms with Gasteiger partial charge in [-0.2, -0.15) is 0 Å². The number of methoxy groups -OCH3 is 2. The second-order valence-corrected chi connectivity index (χ2v) is 17.5. The summed E-state index contributed by atoms with van der Waals surface area (Å²) in [5, 5.41) is 0.655. The van der Waals surface area contributed by atoms with Crippen molar-refractivity contribution < 1.29 is 23.2 Å². The SMILES string of the molecule is COc1ccc2c(NS3(=O)=NC(=O)c4ccc5c(c4)N(C[C@@H]4CC[C@H]4[C@@H](OC)/C=C/C[C@H](C)C3)C[C@@]3(CCCc4cc(C)ccc43)CO5)ncnc2c1. The van der Waals surface area contributed by atoms with Crippen LogP contribution in [-0.2, 0) is 26.5 Å². The Morgan fingerprint density at radius 3 is 2.75 bits per heavy atom. The van der Waals surface area contributed by atoms with Gasteiger partial charge in [0.1, 0.15) is 33.6 Å². The third-order valence-electron chi connectivity index (χ3n) is 11.8. The summed E-state index contributed by atoms with van der Waals surface area (Å²) in [6, 6.07) is 17.9. The summed E-state index contributed by atoms with van der Waals surface area (Å²) in [5.74, 6) is 2.08. The lowest BCUT2D eigenvalue weighted by Crippen LogP contribution is -2.49. The molecule has 1 N–H and O–H groups in total. The van der Waals surface area contributed by atoms with E-state index in [1.165, 1.54) is 23.0 Å². The van der Waals surface area contributed by atoms with Crippen LogP contribution in [0.25, 0.3) is 10.9 Å². The molecule has 4 aliphatic rings. The van der Waals surface area contributed by atoms with Gasteiger partial charge >= 0.3 is 0 Å². The number of carbonyl (C=O) groups is 1. The molecule has 3 heterocycles. The maximum absolute atomic E-state index is 14.9. The number of anilines is 2. The Kier molecular flexibility index (Phi) is 9.65. The van der Waals surface area contributed by atoms with Crippen molar-refractivity contribution in [3.05, 3.63) is 95.3 Å². The molecule has 2 aliphatic carbocycles. The van der Waals surface area contributed by atoms with Gasteiger partial charge in [-0.1, -0.05) is 42.8 Å². The predicted octanol–water partition coefficient (Wildman–Crippen LogP) is 7.69. The van der Waals surface area contributed by atoms with Gasteiger partial charge in [-0.15, -0.1) is 4.36 Å². The lowest BCUT2D eigenvalue weighted by molar-refractivity contribution is 0.0131. The molecule has 4 aromatic rings. The van der Waals surface area contributed by atoms with Crippen molar-refractivity contribution in [3.8, 4) is 11.5 Å². The first-order valence-corrected chi connectivity index (χ1v) is 20.5. The molecule has 0 saturated heterocycles. The summed E-state index contributed by atoms with van der Waals surface area (Å²) in [5.41, 5.74) is 5.76. The zero-order valence-corrected chi connectivity index (χ0v) is 31.9. The normalized spacial score (nSPS) is 29.1. The minimum atomic E-state index is -3.36. The molecule has 3 aromatic carbocycles. The second kappa shape index (κ2) is 14.4. The van der Waals surface area contributed by atoms with E-state index >= 15 is 0 Å². The lowest BCUT2D eigenvalue weighted by Gasteiger charge is -2.46. The molecule has 1 aromatic heterocycles. The van der Waals surface area contributed by atoms with Gasteiger partial charge in [0.2, 0.25) is 0 Å². The van der Waals surface area contributed by atoms with Crippen molar-refractivity contribution in [2.75, 3.05) is 49.3 Å². The fourth-order valence-corrected chi connectivity index (χ4v) is 10.9. The second-order valence-electron chi connectivity index (χ2n) is 15.5. The van der Waals surface area contributed by atoms with Crippen molar-refractivity contribution in [1.29, 1.82) is 0 Å². The first-order chi connectivity index (χ1) is 25.7.